The van der Waals surface area contributed by atoms with Gasteiger partial charge in [-0.2, -0.15) is 5.10 Å². The number of amides is 1. The molecule has 1 aromatic heterocycles. The summed E-state index contributed by atoms with van der Waals surface area (Å²) in [5.41, 5.74) is 6.10. The number of halogens is 1. The lowest BCUT2D eigenvalue weighted by Crippen LogP contribution is -2.26. The Hall–Kier alpha value is -4.22. The first-order valence-electron chi connectivity index (χ1n) is 11.7. The van der Waals surface area contributed by atoms with E-state index < -0.39 is 0 Å². The number of benzene rings is 4. The Kier molecular flexibility index (Phi) is 5.23. The summed E-state index contributed by atoms with van der Waals surface area (Å²) in [6.45, 7) is 4.44. The SMILES string of the molecule is CC1(C)C(c2cnn(-c3ccc(C(=O)Nc4ccc(Cl)cc4)cc3)c2)=Nc2ccc3ccccc3c21. The van der Waals surface area contributed by atoms with Gasteiger partial charge in [-0.25, -0.2) is 4.68 Å². The highest BCUT2D eigenvalue weighted by Crippen LogP contribution is 2.45. The molecule has 0 aliphatic carbocycles. The van der Waals surface area contributed by atoms with Gasteiger partial charge in [0, 0.05) is 33.4 Å². The fraction of sp³-hybridized carbons (Fsp3) is 0.100. The summed E-state index contributed by atoms with van der Waals surface area (Å²) in [6, 6.07) is 27.1. The molecule has 0 spiro atoms. The van der Waals surface area contributed by atoms with Gasteiger partial charge in [0.1, 0.15) is 0 Å². The van der Waals surface area contributed by atoms with Gasteiger partial charge in [-0.1, -0.05) is 55.8 Å². The standard InChI is InChI=1S/C30H23ClN4O/c1-30(2)27-25-6-4-3-5-19(25)9-16-26(27)34-28(30)21-17-32-35(18-21)24-14-7-20(8-15-24)29(36)33-23-12-10-22(31)11-13-23/h3-18H,1-2H3,(H,33,36). The molecule has 0 saturated heterocycles. The molecule has 36 heavy (non-hydrogen) atoms. The van der Waals surface area contributed by atoms with Crippen molar-refractivity contribution >= 4 is 45.4 Å². The zero-order valence-corrected chi connectivity index (χ0v) is 20.6. The fourth-order valence-electron chi connectivity index (χ4n) is 4.90. The van der Waals surface area contributed by atoms with Crippen LogP contribution < -0.4 is 5.32 Å². The van der Waals surface area contributed by atoms with Gasteiger partial charge in [0.2, 0.25) is 0 Å². The monoisotopic (exact) mass is 490 g/mol. The Morgan fingerprint density at radius 2 is 1.67 bits per heavy atom. The molecule has 0 unspecified atom stereocenters. The second-order valence-electron chi connectivity index (χ2n) is 9.45. The van der Waals surface area contributed by atoms with Crippen molar-refractivity contribution in [2.24, 2.45) is 4.99 Å². The highest BCUT2D eigenvalue weighted by Gasteiger charge is 2.37. The third kappa shape index (κ3) is 3.78. The van der Waals surface area contributed by atoms with Gasteiger partial charge in [-0.15, -0.1) is 0 Å². The second-order valence-corrected chi connectivity index (χ2v) is 9.88. The van der Waals surface area contributed by atoms with E-state index in [0.717, 1.165) is 22.6 Å². The molecule has 6 heteroatoms. The zero-order chi connectivity index (χ0) is 24.9. The molecular weight excluding hydrogens is 468 g/mol. The summed E-state index contributed by atoms with van der Waals surface area (Å²) in [4.78, 5) is 17.6. The number of carbonyl (C=O) groups excluding carboxylic acids is 1. The molecule has 0 saturated carbocycles. The number of hydrogen-bond donors (Lipinski definition) is 1. The molecule has 0 fully saturated rings. The first-order chi connectivity index (χ1) is 17.4. The summed E-state index contributed by atoms with van der Waals surface area (Å²) < 4.78 is 1.82. The minimum Gasteiger partial charge on any atom is -0.322 e. The number of aromatic nitrogens is 2. The average molecular weight is 491 g/mol. The molecule has 0 radical (unpaired) electrons. The van der Waals surface area contributed by atoms with Crippen LogP contribution in [0.15, 0.2) is 102 Å². The largest absolute Gasteiger partial charge is 0.322 e. The molecule has 1 amide bonds. The number of fused-ring (bicyclic) bond motifs is 3. The van der Waals surface area contributed by atoms with E-state index in [2.05, 4.69) is 60.7 Å². The summed E-state index contributed by atoms with van der Waals surface area (Å²) in [5.74, 6) is -0.183. The summed E-state index contributed by atoms with van der Waals surface area (Å²) in [7, 11) is 0. The number of nitrogens with zero attached hydrogens (tertiary/aromatic N) is 3. The molecule has 4 aromatic carbocycles. The maximum atomic E-state index is 12.6. The van der Waals surface area contributed by atoms with Crippen LogP contribution in [0, 0.1) is 0 Å². The Bertz CT molecular complexity index is 1650. The topological polar surface area (TPSA) is 59.3 Å². The highest BCUT2D eigenvalue weighted by atomic mass is 35.5. The Balaban J connectivity index is 1.25. The van der Waals surface area contributed by atoms with E-state index in [1.54, 1.807) is 36.4 Å². The molecule has 0 atom stereocenters. The number of rotatable bonds is 4. The molecular formula is C30H23ClN4O. The van der Waals surface area contributed by atoms with Gasteiger partial charge in [-0.05, 0) is 70.9 Å². The van der Waals surface area contributed by atoms with Crippen LogP contribution in [-0.4, -0.2) is 21.4 Å². The van der Waals surface area contributed by atoms with Crippen molar-refractivity contribution in [1.29, 1.82) is 0 Å². The molecule has 5 nitrogen and oxygen atoms in total. The van der Waals surface area contributed by atoms with Gasteiger partial charge in [0.05, 0.1) is 23.3 Å². The van der Waals surface area contributed by atoms with Crippen molar-refractivity contribution in [3.05, 3.63) is 119 Å². The normalized spacial score (nSPS) is 13.9. The van der Waals surface area contributed by atoms with E-state index in [9.17, 15) is 4.79 Å². The van der Waals surface area contributed by atoms with Gasteiger partial charge in [0.15, 0.2) is 0 Å². The average Bonchev–Trinajstić information content (AvgIpc) is 3.48. The van der Waals surface area contributed by atoms with Crippen LogP contribution in [0.3, 0.4) is 0 Å². The molecule has 1 aliphatic heterocycles. The van der Waals surface area contributed by atoms with Crippen LogP contribution in [0.5, 0.6) is 0 Å². The third-order valence-electron chi connectivity index (χ3n) is 6.71. The first kappa shape index (κ1) is 22.3. The fourth-order valence-corrected chi connectivity index (χ4v) is 5.03. The minimum atomic E-state index is -0.256. The lowest BCUT2D eigenvalue weighted by Gasteiger charge is -2.23. The molecule has 1 aliphatic rings. The van der Waals surface area contributed by atoms with Crippen molar-refractivity contribution in [1.82, 2.24) is 9.78 Å². The lowest BCUT2D eigenvalue weighted by atomic mass is 9.77. The van der Waals surface area contributed by atoms with Crippen molar-refractivity contribution in [2.75, 3.05) is 5.32 Å². The van der Waals surface area contributed by atoms with Crippen molar-refractivity contribution in [3.8, 4) is 5.69 Å². The van der Waals surface area contributed by atoms with Crippen LogP contribution in [-0.2, 0) is 5.41 Å². The van der Waals surface area contributed by atoms with E-state index >= 15 is 0 Å². The quantitative estimate of drug-likeness (QED) is 0.286. The molecule has 6 rings (SSSR count). The number of aliphatic imine (C=N–C) groups is 1. The van der Waals surface area contributed by atoms with Crippen molar-refractivity contribution < 1.29 is 4.79 Å². The third-order valence-corrected chi connectivity index (χ3v) is 6.96. The minimum absolute atomic E-state index is 0.183. The molecule has 1 N–H and O–H groups in total. The molecule has 2 heterocycles. The van der Waals surface area contributed by atoms with Crippen LogP contribution >= 0.6 is 11.6 Å². The lowest BCUT2D eigenvalue weighted by molar-refractivity contribution is 0.102. The predicted octanol–water partition coefficient (Wildman–Crippen LogP) is 7.34. The smallest absolute Gasteiger partial charge is 0.255 e. The van der Waals surface area contributed by atoms with E-state index in [0.29, 0.717) is 16.3 Å². The Morgan fingerprint density at radius 3 is 2.44 bits per heavy atom. The van der Waals surface area contributed by atoms with Crippen LogP contribution in [0.25, 0.3) is 16.5 Å². The number of nitrogens with one attached hydrogen (secondary N) is 1. The van der Waals surface area contributed by atoms with E-state index in [1.807, 2.05) is 29.2 Å². The van der Waals surface area contributed by atoms with Crippen molar-refractivity contribution in [2.45, 2.75) is 19.3 Å². The van der Waals surface area contributed by atoms with E-state index in [4.69, 9.17) is 16.6 Å². The van der Waals surface area contributed by atoms with Gasteiger partial charge >= 0.3 is 0 Å². The Labute approximate surface area is 214 Å². The molecule has 5 aromatic rings. The molecule has 0 bridgehead atoms. The number of hydrogen-bond acceptors (Lipinski definition) is 3. The predicted molar refractivity (Wildman–Crippen MR) is 146 cm³/mol. The first-order valence-corrected chi connectivity index (χ1v) is 12.1. The maximum absolute atomic E-state index is 12.6. The van der Waals surface area contributed by atoms with Crippen molar-refractivity contribution in [3.63, 3.8) is 0 Å². The van der Waals surface area contributed by atoms with Crippen LogP contribution in [0.4, 0.5) is 11.4 Å². The van der Waals surface area contributed by atoms with Crippen LogP contribution in [0.2, 0.25) is 5.02 Å². The Morgan fingerprint density at radius 1 is 0.917 bits per heavy atom. The maximum Gasteiger partial charge on any atom is 0.255 e. The zero-order valence-electron chi connectivity index (χ0n) is 19.9. The van der Waals surface area contributed by atoms with Gasteiger partial charge in [-0.3, -0.25) is 9.79 Å². The van der Waals surface area contributed by atoms with Crippen LogP contribution in [0.1, 0.15) is 35.3 Å². The summed E-state index contributed by atoms with van der Waals surface area (Å²) >= 11 is 5.92. The van der Waals surface area contributed by atoms with Gasteiger partial charge in [0.25, 0.3) is 5.91 Å². The summed E-state index contributed by atoms with van der Waals surface area (Å²) in [6.07, 6.45) is 3.85. The number of carbonyl (C=O) groups is 1. The van der Waals surface area contributed by atoms with Gasteiger partial charge < -0.3 is 5.32 Å². The number of anilines is 1. The van der Waals surface area contributed by atoms with E-state index in [1.165, 1.54) is 16.3 Å². The molecule has 176 valence electrons. The van der Waals surface area contributed by atoms with E-state index in [-0.39, 0.29) is 11.3 Å². The summed E-state index contributed by atoms with van der Waals surface area (Å²) in [5, 5.41) is 10.6. The highest BCUT2D eigenvalue weighted by molar-refractivity contribution is 6.30. The second kappa shape index (κ2) is 8.47.